The van der Waals surface area contributed by atoms with Gasteiger partial charge in [0.15, 0.2) is 0 Å². The van der Waals surface area contributed by atoms with Crippen molar-refractivity contribution in [1.29, 1.82) is 0 Å². The number of piperazine rings is 1. The lowest BCUT2D eigenvalue weighted by molar-refractivity contribution is -0.130. The van der Waals surface area contributed by atoms with E-state index in [4.69, 9.17) is 0 Å². The van der Waals surface area contributed by atoms with Gasteiger partial charge in [-0.25, -0.2) is 0 Å². The van der Waals surface area contributed by atoms with Crippen LogP contribution in [0.3, 0.4) is 0 Å². The van der Waals surface area contributed by atoms with Crippen LogP contribution < -0.4 is 5.32 Å². The monoisotopic (exact) mass is 223 g/mol. The third-order valence-corrected chi connectivity index (χ3v) is 3.45. The minimum absolute atomic E-state index is 0.346. The minimum atomic E-state index is 0.346. The first-order valence-electron chi connectivity index (χ1n) is 6.04. The molecule has 4 heteroatoms. The van der Waals surface area contributed by atoms with Crippen LogP contribution in [-0.2, 0) is 4.79 Å². The molecule has 1 amide bonds. The molecule has 2 saturated heterocycles. The molecule has 90 valence electrons. The molecule has 0 aromatic rings. The van der Waals surface area contributed by atoms with Crippen LogP contribution in [0.5, 0.6) is 0 Å². The van der Waals surface area contributed by atoms with Crippen molar-refractivity contribution in [3.63, 3.8) is 0 Å². The lowest BCUT2D eigenvalue weighted by Gasteiger charge is -2.37. The van der Waals surface area contributed by atoms with E-state index in [0.29, 0.717) is 11.9 Å². The first-order valence-corrected chi connectivity index (χ1v) is 6.04. The van der Waals surface area contributed by atoms with Crippen LogP contribution in [0.1, 0.15) is 12.8 Å². The highest BCUT2D eigenvalue weighted by Crippen LogP contribution is 2.22. The predicted octanol–water partition coefficient (Wildman–Crippen LogP) is 0.0686. The number of carbonyl (C=O) groups is 1. The topological polar surface area (TPSA) is 35.6 Å². The summed E-state index contributed by atoms with van der Waals surface area (Å²) in [7, 11) is 1.94. The van der Waals surface area contributed by atoms with Crippen molar-refractivity contribution < 1.29 is 4.79 Å². The Kier molecular flexibility index (Phi) is 3.61. The Balaban J connectivity index is 1.83. The van der Waals surface area contributed by atoms with Crippen molar-refractivity contribution in [2.24, 2.45) is 0 Å². The standard InChI is InChI=1S/C12H21N3O/c1-10(7-13-2)8-14-5-6-15-11(9-14)3-4-12(15)16/h11,13H,1,3-9H2,2H3. The second-order valence-corrected chi connectivity index (χ2v) is 4.80. The molecule has 0 spiro atoms. The molecule has 1 unspecified atom stereocenters. The number of nitrogens with zero attached hydrogens (tertiary/aromatic N) is 2. The largest absolute Gasteiger partial charge is 0.337 e. The van der Waals surface area contributed by atoms with E-state index in [1.807, 2.05) is 7.05 Å². The summed E-state index contributed by atoms with van der Waals surface area (Å²) in [5, 5.41) is 3.12. The summed E-state index contributed by atoms with van der Waals surface area (Å²) in [6, 6.07) is 0.462. The third-order valence-electron chi connectivity index (χ3n) is 3.45. The molecule has 16 heavy (non-hydrogen) atoms. The van der Waals surface area contributed by atoms with Crippen LogP contribution >= 0.6 is 0 Å². The molecule has 0 aromatic carbocycles. The van der Waals surface area contributed by atoms with Crippen molar-refractivity contribution in [2.75, 3.05) is 39.8 Å². The Morgan fingerprint density at radius 1 is 1.56 bits per heavy atom. The zero-order valence-corrected chi connectivity index (χ0v) is 10.0. The second kappa shape index (κ2) is 4.97. The molecule has 2 fully saturated rings. The summed E-state index contributed by atoms with van der Waals surface area (Å²) >= 11 is 0. The maximum Gasteiger partial charge on any atom is 0.222 e. The SMILES string of the molecule is C=C(CNC)CN1CCN2C(=O)CCC2C1. The summed E-state index contributed by atoms with van der Waals surface area (Å²) in [4.78, 5) is 16.0. The number of fused-ring (bicyclic) bond motifs is 1. The molecule has 0 radical (unpaired) electrons. The van der Waals surface area contributed by atoms with Crippen molar-refractivity contribution >= 4 is 5.91 Å². The van der Waals surface area contributed by atoms with Crippen molar-refractivity contribution in [1.82, 2.24) is 15.1 Å². The number of likely N-dealkylation sites (N-methyl/N-ethyl adjacent to an activating group) is 1. The molecule has 1 N–H and O–H groups in total. The number of amides is 1. The molecule has 0 aromatic heterocycles. The van der Waals surface area contributed by atoms with E-state index < -0.39 is 0 Å². The van der Waals surface area contributed by atoms with Crippen LogP contribution in [-0.4, -0.2) is 61.5 Å². The van der Waals surface area contributed by atoms with E-state index in [1.54, 1.807) is 0 Å². The Morgan fingerprint density at radius 2 is 2.38 bits per heavy atom. The zero-order chi connectivity index (χ0) is 11.5. The fraction of sp³-hybridized carbons (Fsp3) is 0.750. The summed E-state index contributed by atoms with van der Waals surface area (Å²) < 4.78 is 0. The highest BCUT2D eigenvalue weighted by molar-refractivity contribution is 5.78. The molecule has 2 rings (SSSR count). The third kappa shape index (κ3) is 2.44. The van der Waals surface area contributed by atoms with E-state index >= 15 is 0 Å². The minimum Gasteiger partial charge on any atom is -0.337 e. The fourth-order valence-electron chi connectivity index (χ4n) is 2.69. The fourth-order valence-corrected chi connectivity index (χ4v) is 2.69. The molecule has 0 aliphatic carbocycles. The molecule has 4 nitrogen and oxygen atoms in total. The molecule has 2 aliphatic heterocycles. The summed E-state index contributed by atoms with van der Waals surface area (Å²) in [6.07, 6.45) is 1.78. The summed E-state index contributed by atoms with van der Waals surface area (Å²) in [6.45, 7) is 8.80. The lowest BCUT2D eigenvalue weighted by atomic mass is 10.1. The lowest BCUT2D eigenvalue weighted by Crippen LogP contribution is -2.51. The Bertz CT molecular complexity index is 290. The normalized spacial score (nSPS) is 25.9. The van der Waals surface area contributed by atoms with Crippen LogP contribution in [0.15, 0.2) is 12.2 Å². The molecule has 0 bridgehead atoms. The van der Waals surface area contributed by atoms with Crippen molar-refractivity contribution in [3.8, 4) is 0 Å². The highest BCUT2D eigenvalue weighted by atomic mass is 16.2. The molecule has 2 aliphatic rings. The smallest absolute Gasteiger partial charge is 0.222 e. The van der Waals surface area contributed by atoms with Gasteiger partial charge >= 0.3 is 0 Å². The predicted molar refractivity (Wildman–Crippen MR) is 64.2 cm³/mol. The number of hydrogen-bond donors (Lipinski definition) is 1. The van der Waals surface area contributed by atoms with Crippen molar-refractivity contribution in [2.45, 2.75) is 18.9 Å². The summed E-state index contributed by atoms with van der Waals surface area (Å²) in [5.41, 5.74) is 1.22. The van der Waals surface area contributed by atoms with Gasteiger partial charge in [-0.2, -0.15) is 0 Å². The van der Waals surface area contributed by atoms with E-state index in [-0.39, 0.29) is 0 Å². The van der Waals surface area contributed by atoms with E-state index in [9.17, 15) is 4.79 Å². The molecular formula is C12H21N3O. The van der Waals surface area contributed by atoms with Gasteiger partial charge in [-0.3, -0.25) is 9.69 Å². The average molecular weight is 223 g/mol. The molecule has 2 heterocycles. The number of rotatable bonds is 4. The van der Waals surface area contributed by atoms with Gasteiger partial charge in [0.25, 0.3) is 0 Å². The Labute approximate surface area is 97.3 Å². The van der Waals surface area contributed by atoms with Gasteiger partial charge in [0.05, 0.1) is 0 Å². The van der Waals surface area contributed by atoms with Crippen LogP contribution in [0.4, 0.5) is 0 Å². The van der Waals surface area contributed by atoms with E-state index in [2.05, 4.69) is 21.7 Å². The first-order chi connectivity index (χ1) is 7.70. The van der Waals surface area contributed by atoms with Crippen LogP contribution in [0, 0.1) is 0 Å². The quantitative estimate of drug-likeness (QED) is 0.685. The maximum absolute atomic E-state index is 11.5. The van der Waals surface area contributed by atoms with Gasteiger partial charge in [0.2, 0.25) is 5.91 Å². The Hall–Kier alpha value is -0.870. The van der Waals surface area contributed by atoms with Gasteiger partial charge in [0, 0.05) is 45.2 Å². The van der Waals surface area contributed by atoms with Crippen molar-refractivity contribution in [3.05, 3.63) is 12.2 Å². The van der Waals surface area contributed by atoms with E-state index in [0.717, 1.165) is 45.6 Å². The van der Waals surface area contributed by atoms with Gasteiger partial charge in [-0.1, -0.05) is 6.58 Å². The number of carbonyl (C=O) groups excluding carboxylic acids is 1. The van der Waals surface area contributed by atoms with Gasteiger partial charge in [0.1, 0.15) is 0 Å². The highest BCUT2D eigenvalue weighted by Gasteiger charge is 2.35. The summed E-state index contributed by atoms with van der Waals surface area (Å²) in [5.74, 6) is 0.346. The second-order valence-electron chi connectivity index (χ2n) is 4.80. The molecule has 0 saturated carbocycles. The van der Waals surface area contributed by atoms with E-state index in [1.165, 1.54) is 5.57 Å². The first kappa shape index (κ1) is 11.6. The van der Waals surface area contributed by atoms with Gasteiger partial charge < -0.3 is 10.2 Å². The van der Waals surface area contributed by atoms with Gasteiger partial charge in [-0.05, 0) is 19.0 Å². The van der Waals surface area contributed by atoms with Crippen LogP contribution in [0.2, 0.25) is 0 Å². The molecular weight excluding hydrogens is 202 g/mol. The zero-order valence-electron chi connectivity index (χ0n) is 10.0. The van der Waals surface area contributed by atoms with Gasteiger partial charge in [-0.15, -0.1) is 0 Å². The number of nitrogens with one attached hydrogen (secondary N) is 1. The molecule has 1 atom stereocenters. The average Bonchev–Trinajstić information content (AvgIpc) is 2.60. The van der Waals surface area contributed by atoms with Crippen LogP contribution in [0.25, 0.3) is 0 Å². The number of hydrogen-bond acceptors (Lipinski definition) is 3. The maximum atomic E-state index is 11.5. The Morgan fingerprint density at radius 3 is 3.12 bits per heavy atom.